The Bertz CT molecular complexity index is 594. The quantitative estimate of drug-likeness (QED) is 0.763. The van der Waals surface area contributed by atoms with Crippen molar-refractivity contribution in [1.82, 2.24) is 0 Å². The molecule has 19 heavy (non-hydrogen) atoms. The molecule has 0 fully saturated rings. The molecular formula is C16H16N2O. The molecule has 1 atom stereocenters. The second-order valence-electron chi connectivity index (χ2n) is 4.70. The van der Waals surface area contributed by atoms with Gasteiger partial charge >= 0.3 is 0 Å². The molecule has 96 valence electrons. The summed E-state index contributed by atoms with van der Waals surface area (Å²) in [5.74, 6) is 0.843. The van der Waals surface area contributed by atoms with Gasteiger partial charge in [-0.3, -0.25) is 4.90 Å². The van der Waals surface area contributed by atoms with Crippen LogP contribution in [0.1, 0.15) is 12.5 Å². The highest BCUT2D eigenvalue weighted by Gasteiger charge is 2.27. The van der Waals surface area contributed by atoms with E-state index in [2.05, 4.69) is 47.3 Å². The van der Waals surface area contributed by atoms with E-state index >= 15 is 0 Å². The lowest BCUT2D eigenvalue weighted by Crippen LogP contribution is -2.38. The summed E-state index contributed by atoms with van der Waals surface area (Å²) in [5.41, 5.74) is 3.44. The molecule has 3 nitrogen and oxygen atoms in total. The fraction of sp³-hybridized carbons (Fsp3) is 0.188. The van der Waals surface area contributed by atoms with Gasteiger partial charge in [0.25, 0.3) is 0 Å². The summed E-state index contributed by atoms with van der Waals surface area (Å²) in [6.07, 6.45) is 9.96. The monoisotopic (exact) mass is 252 g/mol. The van der Waals surface area contributed by atoms with Gasteiger partial charge in [-0.1, -0.05) is 41.1 Å². The van der Waals surface area contributed by atoms with Crippen molar-refractivity contribution in [3.63, 3.8) is 0 Å². The maximum Gasteiger partial charge on any atom is 0.186 e. The predicted molar refractivity (Wildman–Crippen MR) is 78.0 cm³/mol. The summed E-state index contributed by atoms with van der Waals surface area (Å²) in [4.78, 5) is 7.63. The number of amidine groups is 1. The van der Waals surface area contributed by atoms with Crippen molar-refractivity contribution in [3.8, 4) is 0 Å². The van der Waals surface area contributed by atoms with Gasteiger partial charge in [0, 0.05) is 5.69 Å². The number of rotatable bonds is 1. The second kappa shape index (κ2) is 4.76. The van der Waals surface area contributed by atoms with E-state index in [0.717, 1.165) is 17.2 Å². The molecule has 1 unspecified atom stereocenters. The number of hydrogen-bond acceptors (Lipinski definition) is 3. The fourth-order valence-electron chi connectivity index (χ4n) is 2.26. The zero-order valence-electron chi connectivity index (χ0n) is 11.1. The van der Waals surface area contributed by atoms with Crippen molar-refractivity contribution in [3.05, 3.63) is 65.9 Å². The number of aryl methyl sites for hydroxylation is 1. The minimum Gasteiger partial charge on any atom is -0.380 e. The Labute approximate surface area is 113 Å². The normalized spacial score (nSPS) is 21.2. The highest BCUT2D eigenvalue weighted by molar-refractivity contribution is 5.99. The van der Waals surface area contributed by atoms with Crippen LogP contribution in [0.15, 0.2) is 65.5 Å². The Morgan fingerprint density at radius 1 is 1.05 bits per heavy atom. The van der Waals surface area contributed by atoms with Crippen LogP contribution in [0.4, 0.5) is 5.69 Å². The Balaban J connectivity index is 2.06. The van der Waals surface area contributed by atoms with Crippen LogP contribution in [0.5, 0.6) is 0 Å². The number of hydrogen-bond donors (Lipinski definition) is 0. The Kier molecular flexibility index (Phi) is 2.95. The van der Waals surface area contributed by atoms with Gasteiger partial charge in [-0.15, -0.1) is 0 Å². The lowest BCUT2D eigenvalue weighted by Gasteiger charge is -2.33. The van der Waals surface area contributed by atoms with Gasteiger partial charge in [-0.05, 0) is 38.1 Å². The van der Waals surface area contributed by atoms with Gasteiger partial charge in [0.1, 0.15) is 5.84 Å². The highest BCUT2D eigenvalue weighted by Crippen LogP contribution is 2.28. The van der Waals surface area contributed by atoms with Crippen LogP contribution in [-0.4, -0.2) is 11.9 Å². The SMILES string of the molecule is CC1=NOC2C=CC=CC=C2N1c1ccc(C)cc1. The lowest BCUT2D eigenvalue weighted by molar-refractivity contribution is 0.108. The molecule has 0 spiro atoms. The first-order chi connectivity index (χ1) is 9.25. The first kappa shape index (κ1) is 11.8. The first-order valence-electron chi connectivity index (χ1n) is 6.38. The standard InChI is InChI=1S/C16H16N2O/c1-12-8-10-14(11-9-12)18-13(2)17-19-16-7-5-3-4-6-15(16)18/h3-11,16H,1-2H3. The van der Waals surface area contributed by atoms with E-state index in [9.17, 15) is 0 Å². The molecule has 1 aromatic rings. The molecule has 0 aromatic heterocycles. The number of anilines is 1. The van der Waals surface area contributed by atoms with Crippen molar-refractivity contribution in [2.75, 3.05) is 4.90 Å². The Morgan fingerprint density at radius 3 is 2.63 bits per heavy atom. The van der Waals surface area contributed by atoms with Gasteiger partial charge in [-0.25, -0.2) is 0 Å². The molecule has 1 aliphatic carbocycles. The number of fused-ring (bicyclic) bond motifs is 1. The molecule has 0 saturated heterocycles. The van der Waals surface area contributed by atoms with E-state index in [1.54, 1.807) is 0 Å². The van der Waals surface area contributed by atoms with Crippen molar-refractivity contribution in [1.29, 1.82) is 0 Å². The molecule has 1 aromatic carbocycles. The molecule has 0 N–H and O–H groups in total. The van der Waals surface area contributed by atoms with E-state index in [4.69, 9.17) is 4.84 Å². The average Bonchev–Trinajstić information content (AvgIpc) is 2.65. The summed E-state index contributed by atoms with van der Waals surface area (Å²) < 4.78 is 0. The summed E-state index contributed by atoms with van der Waals surface area (Å²) in [7, 11) is 0. The molecule has 1 heterocycles. The van der Waals surface area contributed by atoms with Crippen molar-refractivity contribution >= 4 is 11.5 Å². The second-order valence-corrected chi connectivity index (χ2v) is 4.70. The molecule has 0 saturated carbocycles. The van der Waals surface area contributed by atoms with Crippen LogP contribution in [0.3, 0.4) is 0 Å². The van der Waals surface area contributed by atoms with E-state index in [1.165, 1.54) is 5.56 Å². The van der Waals surface area contributed by atoms with Crippen molar-refractivity contribution in [2.45, 2.75) is 20.0 Å². The van der Waals surface area contributed by atoms with Crippen molar-refractivity contribution in [2.24, 2.45) is 5.16 Å². The number of oxime groups is 1. The average molecular weight is 252 g/mol. The summed E-state index contributed by atoms with van der Waals surface area (Å²) in [6.45, 7) is 4.04. The Hall–Kier alpha value is -2.29. The lowest BCUT2D eigenvalue weighted by atomic mass is 10.1. The van der Waals surface area contributed by atoms with Gasteiger partial charge in [-0.2, -0.15) is 0 Å². The fourth-order valence-corrected chi connectivity index (χ4v) is 2.26. The molecule has 3 heteroatoms. The molecule has 0 radical (unpaired) electrons. The number of benzene rings is 1. The number of allylic oxidation sites excluding steroid dienone is 4. The molecule has 1 aliphatic heterocycles. The van der Waals surface area contributed by atoms with Crippen LogP contribution in [0, 0.1) is 6.92 Å². The van der Waals surface area contributed by atoms with E-state index in [1.807, 2.05) is 31.2 Å². The molecule has 2 aliphatic rings. The van der Waals surface area contributed by atoms with Gasteiger partial charge in [0.15, 0.2) is 6.10 Å². The van der Waals surface area contributed by atoms with Gasteiger partial charge < -0.3 is 4.84 Å². The topological polar surface area (TPSA) is 24.8 Å². The molecule has 3 rings (SSSR count). The zero-order valence-corrected chi connectivity index (χ0v) is 11.1. The largest absolute Gasteiger partial charge is 0.380 e. The summed E-state index contributed by atoms with van der Waals surface area (Å²) in [6, 6.07) is 8.43. The van der Waals surface area contributed by atoms with Gasteiger partial charge in [0.2, 0.25) is 0 Å². The third-order valence-corrected chi connectivity index (χ3v) is 3.24. The third-order valence-electron chi connectivity index (χ3n) is 3.24. The first-order valence-corrected chi connectivity index (χ1v) is 6.38. The smallest absolute Gasteiger partial charge is 0.186 e. The van der Waals surface area contributed by atoms with Crippen LogP contribution >= 0.6 is 0 Å². The van der Waals surface area contributed by atoms with Crippen molar-refractivity contribution < 1.29 is 4.84 Å². The maximum absolute atomic E-state index is 5.50. The Morgan fingerprint density at radius 2 is 1.84 bits per heavy atom. The highest BCUT2D eigenvalue weighted by atomic mass is 16.6. The molecule has 0 bridgehead atoms. The maximum atomic E-state index is 5.50. The molecular weight excluding hydrogens is 236 g/mol. The third kappa shape index (κ3) is 2.19. The van der Waals surface area contributed by atoms with Crippen LogP contribution in [0.25, 0.3) is 0 Å². The van der Waals surface area contributed by atoms with Gasteiger partial charge in [0.05, 0.1) is 5.70 Å². The van der Waals surface area contributed by atoms with Crippen LogP contribution < -0.4 is 4.90 Å². The minimum atomic E-state index is -0.125. The minimum absolute atomic E-state index is 0.125. The van der Waals surface area contributed by atoms with E-state index in [-0.39, 0.29) is 6.10 Å². The summed E-state index contributed by atoms with van der Waals surface area (Å²) >= 11 is 0. The van der Waals surface area contributed by atoms with E-state index in [0.29, 0.717) is 0 Å². The predicted octanol–water partition coefficient (Wildman–Crippen LogP) is 3.54. The molecule has 0 amide bonds. The van der Waals surface area contributed by atoms with E-state index < -0.39 is 0 Å². The number of nitrogens with zero attached hydrogens (tertiary/aromatic N) is 2. The van der Waals surface area contributed by atoms with Crippen LogP contribution in [0.2, 0.25) is 0 Å². The van der Waals surface area contributed by atoms with Crippen LogP contribution in [-0.2, 0) is 4.84 Å². The zero-order chi connectivity index (χ0) is 13.2. The summed E-state index contributed by atoms with van der Waals surface area (Å²) in [5, 5.41) is 4.16.